The van der Waals surface area contributed by atoms with Crippen LogP contribution in [0.2, 0.25) is 0 Å². The van der Waals surface area contributed by atoms with Gasteiger partial charge in [-0.2, -0.15) is 13.2 Å². The van der Waals surface area contributed by atoms with Gasteiger partial charge in [0.2, 0.25) is 0 Å². The summed E-state index contributed by atoms with van der Waals surface area (Å²) in [6, 6.07) is 1.96. The summed E-state index contributed by atoms with van der Waals surface area (Å²) >= 11 is 0. The summed E-state index contributed by atoms with van der Waals surface area (Å²) in [5.41, 5.74) is 4.20. The molecule has 100 valence electrons. The fourth-order valence-electron chi connectivity index (χ4n) is 1.28. The van der Waals surface area contributed by atoms with Crippen molar-refractivity contribution in [2.45, 2.75) is 19.1 Å². The minimum Gasteiger partial charge on any atom is -0.398 e. The second kappa shape index (κ2) is 5.26. The van der Waals surface area contributed by atoms with E-state index >= 15 is 0 Å². The summed E-state index contributed by atoms with van der Waals surface area (Å²) < 4.78 is 37.4. The molecule has 4 N–H and O–H groups in total. The van der Waals surface area contributed by atoms with Gasteiger partial charge in [-0.15, -0.1) is 0 Å². The van der Waals surface area contributed by atoms with Gasteiger partial charge in [0, 0.05) is 11.7 Å². The monoisotopic (exact) mass is 262 g/mol. The number of aliphatic hydroxyl groups is 1. The molecule has 0 aliphatic heterocycles. The van der Waals surface area contributed by atoms with Gasteiger partial charge in [0.1, 0.15) is 0 Å². The van der Waals surface area contributed by atoms with E-state index in [1.807, 2.05) is 0 Å². The summed E-state index contributed by atoms with van der Waals surface area (Å²) in [6.45, 7) is 1.20. The van der Waals surface area contributed by atoms with Crippen LogP contribution in [-0.2, 0) is 6.18 Å². The SMILES string of the molecule is C[C@H](CO)NC(=O)c1cc(C(F)(F)F)ccc1N. The molecule has 1 aromatic carbocycles. The van der Waals surface area contributed by atoms with Crippen LogP contribution in [-0.4, -0.2) is 23.7 Å². The molecule has 0 aromatic heterocycles. The van der Waals surface area contributed by atoms with Crippen LogP contribution >= 0.6 is 0 Å². The first-order chi connectivity index (χ1) is 8.25. The predicted molar refractivity (Wildman–Crippen MR) is 59.9 cm³/mol. The van der Waals surface area contributed by atoms with Crippen LogP contribution in [0.5, 0.6) is 0 Å². The zero-order valence-electron chi connectivity index (χ0n) is 9.58. The van der Waals surface area contributed by atoms with Crippen molar-refractivity contribution < 1.29 is 23.1 Å². The highest BCUT2D eigenvalue weighted by Gasteiger charge is 2.31. The highest BCUT2D eigenvalue weighted by atomic mass is 19.4. The van der Waals surface area contributed by atoms with E-state index in [0.29, 0.717) is 6.07 Å². The van der Waals surface area contributed by atoms with Crippen LogP contribution in [0.1, 0.15) is 22.8 Å². The number of nitrogens with two attached hydrogens (primary N) is 1. The quantitative estimate of drug-likeness (QED) is 0.721. The molecule has 0 unspecified atom stereocenters. The maximum Gasteiger partial charge on any atom is 0.416 e. The third-order valence-corrected chi connectivity index (χ3v) is 2.28. The molecule has 0 heterocycles. The second-order valence-electron chi connectivity index (χ2n) is 3.86. The molecular weight excluding hydrogens is 249 g/mol. The molecule has 1 aromatic rings. The molecule has 0 radical (unpaired) electrons. The molecule has 0 bridgehead atoms. The molecule has 0 saturated carbocycles. The van der Waals surface area contributed by atoms with Crippen LogP contribution in [0.25, 0.3) is 0 Å². The summed E-state index contributed by atoms with van der Waals surface area (Å²) in [5, 5.41) is 11.1. The molecule has 1 atom stereocenters. The van der Waals surface area contributed by atoms with E-state index in [1.165, 1.54) is 6.92 Å². The van der Waals surface area contributed by atoms with E-state index in [2.05, 4.69) is 5.32 Å². The normalized spacial score (nSPS) is 13.2. The Labute approximate surface area is 102 Å². The maximum absolute atomic E-state index is 12.5. The van der Waals surface area contributed by atoms with Crippen molar-refractivity contribution in [1.29, 1.82) is 0 Å². The largest absolute Gasteiger partial charge is 0.416 e. The fourth-order valence-corrected chi connectivity index (χ4v) is 1.28. The van der Waals surface area contributed by atoms with Crippen molar-refractivity contribution in [2.75, 3.05) is 12.3 Å². The lowest BCUT2D eigenvalue weighted by Gasteiger charge is -2.14. The summed E-state index contributed by atoms with van der Waals surface area (Å²) in [7, 11) is 0. The van der Waals surface area contributed by atoms with Crippen LogP contribution in [0.3, 0.4) is 0 Å². The molecule has 4 nitrogen and oxygen atoms in total. The van der Waals surface area contributed by atoms with Gasteiger partial charge in [0.15, 0.2) is 0 Å². The Morgan fingerprint density at radius 1 is 1.50 bits per heavy atom. The van der Waals surface area contributed by atoms with Gasteiger partial charge in [-0.3, -0.25) is 4.79 Å². The molecule has 0 fully saturated rings. The predicted octanol–water partition coefficient (Wildman–Crippen LogP) is 1.40. The molecule has 0 aliphatic rings. The standard InChI is InChI=1S/C11H13F3N2O2/c1-6(5-17)16-10(18)8-4-7(11(12,13)14)2-3-9(8)15/h2-4,6,17H,5,15H2,1H3,(H,16,18)/t6-/m1/s1. The van der Waals surface area contributed by atoms with Crippen molar-refractivity contribution >= 4 is 11.6 Å². The smallest absolute Gasteiger partial charge is 0.398 e. The van der Waals surface area contributed by atoms with Gasteiger partial charge >= 0.3 is 6.18 Å². The first-order valence-corrected chi connectivity index (χ1v) is 5.14. The summed E-state index contributed by atoms with van der Waals surface area (Å²) in [6.07, 6.45) is -4.54. The van der Waals surface area contributed by atoms with E-state index in [0.717, 1.165) is 12.1 Å². The Morgan fingerprint density at radius 3 is 2.61 bits per heavy atom. The van der Waals surface area contributed by atoms with Gasteiger partial charge in [-0.1, -0.05) is 0 Å². The Kier molecular flexibility index (Phi) is 4.18. The minimum absolute atomic E-state index is 0.0503. The molecule has 0 saturated heterocycles. The zero-order chi connectivity index (χ0) is 13.9. The number of carbonyl (C=O) groups is 1. The number of benzene rings is 1. The zero-order valence-corrected chi connectivity index (χ0v) is 9.58. The van der Waals surface area contributed by atoms with Gasteiger partial charge in [-0.25, -0.2) is 0 Å². The summed E-state index contributed by atoms with van der Waals surface area (Å²) in [4.78, 5) is 11.6. The Morgan fingerprint density at radius 2 is 2.11 bits per heavy atom. The number of hydrogen-bond acceptors (Lipinski definition) is 3. The number of nitrogen functional groups attached to an aromatic ring is 1. The molecule has 0 aliphatic carbocycles. The van der Waals surface area contributed by atoms with E-state index < -0.39 is 23.7 Å². The van der Waals surface area contributed by atoms with Crippen LogP contribution < -0.4 is 11.1 Å². The first kappa shape index (κ1) is 14.3. The average molecular weight is 262 g/mol. The number of rotatable bonds is 3. The van der Waals surface area contributed by atoms with E-state index in [4.69, 9.17) is 10.8 Å². The number of alkyl halides is 3. The molecular formula is C11H13F3N2O2. The lowest BCUT2D eigenvalue weighted by Crippen LogP contribution is -2.35. The topological polar surface area (TPSA) is 75.3 Å². The number of anilines is 1. The fraction of sp³-hybridized carbons (Fsp3) is 0.364. The lowest BCUT2D eigenvalue weighted by molar-refractivity contribution is -0.137. The van der Waals surface area contributed by atoms with Crippen molar-refractivity contribution in [2.24, 2.45) is 0 Å². The third kappa shape index (κ3) is 3.36. The number of amides is 1. The van der Waals surface area contributed by atoms with Crippen molar-refractivity contribution in [3.8, 4) is 0 Å². The van der Waals surface area contributed by atoms with Crippen LogP contribution in [0.15, 0.2) is 18.2 Å². The number of aliphatic hydroxyl groups excluding tert-OH is 1. The molecule has 1 rings (SSSR count). The van der Waals surface area contributed by atoms with Crippen molar-refractivity contribution in [1.82, 2.24) is 5.32 Å². The molecule has 7 heteroatoms. The number of nitrogens with one attached hydrogen (secondary N) is 1. The third-order valence-electron chi connectivity index (χ3n) is 2.28. The van der Waals surface area contributed by atoms with E-state index in [-0.39, 0.29) is 17.9 Å². The first-order valence-electron chi connectivity index (χ1n) is 5.14. The Hall–Kier alpha value is -1.76. The van der Waals surface area contributed by atoms with Crippen molar-refractivity contribution in [3.63, 3.8) is 0 Å². The molecule has 18 heavy (non-hydrogen) atoms. The van der Waals surface area contributed by atoms with Gasteiger partial charge < -0.3 is 16.2 Å². The van der Waals surface area contributed by atoms with Gasteiger partial charge in [0.25, 0.3) is 5.91 Å². The van der Waals surface area contributed by atoms with Gasteiger partial charge in [0.05, 0.1) is 17.7 Å². The summed E-state index contributed by atoms with van der Waals surface area (Å²) in [5.74, 6) is -0.750. The minimum atomic E-state index is -4.54. The van der Waals surface area contributed by atoms with Crippen molar-refractivity contribution in [3.05, 3.63) is 29.3 Å². The number of halogens is 3. The van der Waals surface area contributed by atoms with E-state index in [1.54, 1.807) is 0 Å². The van der Waals surface area contributed by atoms with Crippen LogP contribution in [0.4, 0.5) is 18.9 Å². The maximum atomic E-state index is 12.5. The second-order valence-corrected chi connectivity index (χ2v) is 3.86. The molecule has 0 spiro atoms. The Bertz CT molecular complexity index is 446. The van der Waals surface area contributed by atoms with Crippen LogP contribution in [0, 0.1) is 0 Å². The lowest BCUT2D eigenvalue weighted by atomic mass is 10.1. The Balaban J connectivity index is 3.04. The number of hydrogen-bond donors (Lipinski definition) is 3. The average Bonchev–Trinajstić information content (AvgIpc) is 2.27. The highest BCUT2D eigenvalue weighted by Crippen LogP contribution is 2.31. The van der Waals surface area contributed by atoms with Gasteiger partial charge in [-0.05, 0) is 25.1 Å². The number of carbonyl (C=O) groups excluding carboxylic acids is 1. The highest BCUT2D eigenvalue weighted by molar-refractivity contribution is 5.99. The molecule has 1 amide bonds. The van der Waals surface area contributed by atoms with E-state index in [9.17, 15) is 18.0 Å².